The van der Waals surface area contributed by atoms with E-state index in [2.05, 4.69) is 20.5 Å². The monoisotopic (exact) mass is 315 g/mol. The van der Waals surface area contributed by atoms with Gasteiger partial charge in [0, 0.05) is 31.4 Å². The average molecular weight is 315 g/mol. The first kappa shape index (κ1) is 15.2. The third kappa shape index (κ3) is 3.37. The maximum atomic E-state index is 12.8. The Bertz CT molecular complexity index is 701. The van der Waals surface area contributed by atoms with E-state index in [-0.39, 0.29) is 17.9 Å². The molecule has 8 heteroatoms. The number of pyridine rings is 1. The zero-order chi connectivity index (χ0) is 16.2. The fourth-order valence-corrected chi connectivity index (χ4v) is 2.53. The first-order valence-corrected chi connectivity index (χ1v) is 7.27. The number of rotatable bonds is 3. The van der Waals surface area contributed by atoms with Crippen LogP contribution in [0.1, 0.15) is 29.0 Å². The summed E-state index contributed by atoms with van der Waals surface area (Å²) in [5.41, 5.74) is 1.30. The van der Waals surface area contributed by atoms with Gasteiger partial charge in [0.25, 0.3) is 5.91 Å². The molecule has 2 aromatic rings. The molecule has 2 aromatic heterocycles. The van der Waals surface area contributed by atoms with E-state index in [1.54, 1.807) is 23.2 Å². The Balaban J connectivity index is 1.84. The minimum absolute atomic E-state index is 0.137. The number of aromatic nitrogens is 3. The smallest absolute Gasteiger partial charge is 0.254 e. The summed E-state index contributed by atoms with van der Waals surface area (Å²) >= 11 is 0. The van der Waals surface area contributed by atoms with E-state index >= 15 is 0 Å². The predicted molar refractivity (Wildman–Crippen MR) is 81.7 cm³/mol. The summed E-state index contributed by atoms with van der Waals surface area (Å²) in [6, 6.07) is 4.82. The van der Waals surface area contributed by atoms with E-state index in [0.717, 1.165) is 5.69 Å². The maximum absolute atomic E-state index is 12.8. The molecule has 120 valence electrons. The third-order valence-corrected chi connectivity index (χ3v) is 3.58. The summed E-state index contributed by atoms with van der Waals surface area (Å²) in [7, 11) is 0. The molecule has 0 aromatic carbocycles. The van der Waals surface area contributed by atoms with Crippen molar-refractivity contribution in [3.05, 3.63) is 41.9 Å². The van der Waals surface area contributed by atoms with Gasteiger partial charge < -0.3 is 15.0 Å². The number of carbonyl (C=O) groups excluding carboxylic acids is 2. The van der Waals surface area contributed by atoms with Crippen molar-refractivity contribution in [2.24, 2.45) is 0 Å². The van der Waals surface area contributed by atoms with Crippen molar-refractivity contribution in [2.75, 3.05) is 25.1 Å². The van der Waals surface area contributed by atoms with Crippen LogP contribution >= 0.6 is 0 Å². The number of nitrogens with one attached hydrogen (secondary N) is 2. The summed E-state index contributed by atoms with van der Waals surface area (Å²) in [6.45, 7) is 2.78. The van der Waals surface area contributed by atoms with Gasteiger partial charge in [0.15, 0.2) is 0 Å². The molecule has 23 heavy (non-hydrogen) atoms. The minimum atomic E-state index is -0.233. The fraction of sp³-hybridized carbons (Fsp3) is 0.333. The molecule has 0 saturated carbocycles. The molecular formula is C15H17N5O3. The van der Waals surface area contributed by atoms with E-state index in [4.69, 9.17) is 4.74 Å². The number of morpholine rings is 1. The standard InChI is InChI=1S/C15H17N5O3/c1-10(21)18-14-8-11(2-4-16-14)15(22)20-6-7-23-9-13(20)12-3-5-17-19-12/h2-5,8,13H,6-7,9H2,1H3,(H,17,19)(H,16,18,21). The van der Waals surface area contributed by atoms with Crippen LogP contribution in [-0.2, 0) is 9.53 Å². The zero-order valence-corrected chi connectivity index (χ0v) is 12.7. The molecule has 1 fully saturated rings. The Labute approximate surface area is 132 Å². The van der Waals surface area contributed by atoms with Gasteiger partial charge in [0.1, 0.15) is 5.82 Å². The summed E-state index contributed by atoms with van der Waals surface area (Å²) in [5.74, 6) is -0.0135. The highest BCUT2D eigenvalue weighted by Gasteiger charge is 2.30. The van der Waals surface area contributed by atoms with Gasteiger partial charge in [0.05, 0.1) is 24.9 Å². The largest absolute Gasteiger partial charge is 0.377 e. The number of carbonyl (C=O) groups is 2. The molecule has 1 aliphatic heterocycles. The number of anilines is 1. The van der Waals surface area contributed by atoms with Gasteiger partial charge in [-0.25, -0.2) is 4.98 Å². The van der Waals surface area contributed by atoms with Gasteiger partial charge >= 0.3 is 0 Å². The Morgan fingerprint density at radius 1 is 1.39 bits per heavy atom. The maximum Gasteiger partial charge on any atom is 0.254 e. The van der Waals surface area contributed by atoms with Crippen molar-refractivity contribution in [1.29, 1.82) is 0 Å². The lowest BCUT2D eigenvalue weighted by Crippen LogP contribution is -2.43. The lowest BCUT2D eigenvalue weighted by molar-refractivity contribution is -0.114. The normalized spacial score (nSPS) is 17.8. The molecule has 0 aliphatic carbocycles. The van der Waals surface area contributed by atoms with Crippen molar-refractivity contribution >= 4 is 17.6 Å². The van der Waals surface area contributed by atoms with E-state index in [0.29, 0.717) is 31.1 Å². The first-order valence-electron chi connectivity index (χ1n) is 7.27. The third-order valence-electron chi connectivity index (χ3n) is 3.58. The minimum Gasteiger partial charge on any atom is -0.377 e. The Kier molecular flexibility index (Phi) is 4.33. The van der Waals surface area contributed by atoms with Gasteiger partial charge in [-0.1, -0.05) is 0 Å². The second-order valence-electron chi connectivity index (χ2n) is 5.21. The molecule has 0 radical (unpaired) electrons. The highest BCUT2D eigenvalue weighted by atomic mass is 16.5. The van der Waals surface area contributed by atoms with Crippen LogP contribution in [0.15, 0.2) is 30.6 Å². The van der Waals surface area contributed by atoms with Crippen molar-refractivity contribution in [2.45, 2.75) is 13.0 Å². The Morgan fingerprint density at radius 2 is 2.26 bits per heavy atom. The van der Waals surface area contributed by atoms with E-state index in [1.165, 1.54) is 13.1 Å². The number of nitrogens with zero attached hydrogens (tertiary/aromatic N) is 3. The van der Waals surface area contributed by atoms with Crippen molar-refractivity contribution in [3.63, 3.8) is 0 Å². The average Bonchev–Trinajstić information content (AvgIpc) is 3.08. The Morgan fingerprint density at radius 3 is 3.00 bits per heavy atom. The summed E-state index contributed by atoms with van der Waals surface area (Å²) in [4.78, 5) is 29.7. The van der Waals surface area contributed by atoms with E-state index in [9.17, 15) is 9.59 Å². The number of H-pyrrole nitrogens is 1. The lowest BCUT2D eigenvalue weighted by atomic mass is 10.1. The van der Waals surface area contributed by atoms with Crippen LogP contribution in [0, 0.1) is 0 Å². The zero-order valence-electron chi connectivity index (χ0n) is 12.7. The van der Waals surface area contributed by atoms with Crippen molar-refractivity contribution < 1.29 is 14.3 Å². The molecule has 1 saturated heterocycles. The number of ether oxygens (including phenoxy) is 1. The molecule has 2 N–H and O–H groups in total. The Hall–Kier alpha value is -2.74. The highest BCUT2D eigenvalue weighted by Crippen LogP contribution is 2.24. The molecule has 0 bridgehead atoms. The molecule has 3 heterocycles. The first-order chi connectivity index (χ1) is 11.1. The molecule has 1 aliphatic rings. The summed E-state index contributed by atoms with van der Waals surface area (Å²) < 4.78 is 5.49. The van der Waals surface area contributed by atoms with Crippen LogP contribution in [0.5, 0.6) is 0 Å². The molecule has 1 atom stereocenters. The number of aromatic amines is 1. The van der Waals surface area contributed by atoms with Gasteiger partial charge in [0.2, 0.25) is 5.91 Å². The summed E-state index contributed by atoms with van der Waals surface area (Å²) in [5, 5.41) is 9.40. The van der Waals surface area contributed by atoms with E-state index in [1.807, 2.05) is 6.07 Å². The van der Waals surface area contributed by atoms with Gasteiger partial charge in [-0.3, -0.25) is 14.7 Å². The number of hydrogen-bond donors (Lipinski definition) is 2. The predicted octanol–water partition coefficient (Wildman–Crippen LogP) is 0.977. The molecular weight excluding hydrogens is 298 g/mol. The van der Waals surface area contributed by atoms with Gasteiger partial charge in [-0.2, -0.15) is 5.10 Å². The van der Waals surface area contributed by atoms with Crippen LogP contribution in [-0.4, -0.2) is 51.7 Å². The second-order valence-corrected chi connectivity index (χ2v) is 5.21. The quantitative estimate of drug-likeness (QED) is 0.879. The SMILES string of the molecule is CC(=O)Nc1cc(C(=O)N2CCOCC2c2ccn[nH]2)ccn1. The summed E-state index contributed by atoms with van der Waals surface area (Å²) in [6.07, 6.45) is 3.15. The fourth-order valence-electron chi connectivity index (χ4n) is 2.53. The van der Waals surface area contributed by atoms with E-state index < -0.39 is 0 Å². The molecule has 1 unspecified atom stereocenters. The molecule has 0 spiro atoms. The van der Waals surface area contributed by atoms with Gasteiger partial charge in [-0.05, 0) is 18.2 Å². The van der Waals surface area contributed by atoms with Crippen LogP contribution in [0.4, 0.5) is 5.82 Å². The van der Waals surface area contributed by atoms with Crippen molar-refractivity contribution in [1.82, 2.24) is 20.1 Å². The molecule has 8 nitrogen and oxygen atoms in total. The molecule has 3 rings (SSSR count). The topological polar surface area (TPSA) is 100 Å². The van der Waals surface area contributed by atoms with Crippen LogP contribution in [0.25, 0.3) is 0 Å². The van der Waals surface area contributed by atoms with Crippen LogP contribution < -0.4 is 5.32 Å². The second kappa shape index (κ2) is 6.57. The number of hydrogen-bond acceptors (Lipinski definition) is 5. The highest BCUT2D eigenvalue weighted by molar-refractivity contribution is 5.96. The molecule has 2 amide bonds. The lowest BCUT2D eigenvalue weighted by Gasteiger charge is -2.35. The van der Waals surface area contributed by atoms with Gasteiger partial charge in [-0.15, -0.1) is 0 Å². The van der Waals surface area contributed by atoms with Crippen LogP contribution in [0.2, 0.25) is 0 Å². The number of amides is 2. The van der Waals surface area contributed by atoms with Crippen molar-refractivity contribution in [3.8, 4) is 0 Å². The van der Waals surface area contributed by atoms with Crippen LogP contribution in [0.3, 0.4) is 0 Å².